The van der Waals surface area contributed by atoms with E-state index >= 15 is 0 Å². The molecular formula is C45H33N3. The molecular weight excluding hydrogens is 583 g/mol. The highest BCUT2D eigenvalue weighted by atomic mass is 14.7. The Kier molecular flexibility index (Phi) is 9.29. The molecule has 0 aliphatic heterocycles. The zero-order chi connectivity index (χ0) is 32.4. The number of nitrogens with zero attached hydrogens (tertiary/aromatic N) is 3. The van der Waals surface area contributed by atoms with E-state index in [9.17, 15) is 0 Å². The average Bonchev–Trinajstić information content (AvgIpc) is 3.17. The summed E-state index contributed by atoms with van der Waals surface area (Å²) in [4.78, 5) is 14.0. The molecule has 0 heterocycles. The minimum Gasteiger partial charge on any atom is -0.256 e. The lowest BCUT2D eigenvalue weighted by Gasteiger charge is -2.12. The first-order valence-corrected chi connectivity index (χ1v) is 16.0. The first kappa shape index (κ1) is 30.2. The molecule has 0 atom stereocenters. The molecule has 0 N–H and O–H groups in total. The van der Waals surface area contributed by atoms with Gasteiger partial charge in [-0.3, -0.25) is 15.0 Å². The normalized spacial score (nSPS) is 11.5. The molecule has 0 aliphatic rings. The Hall–Kier alpha value is -6.45. The lowest BCUT2D eigenvalue weighted by Crippen LogP contribution is -1.86. The summed E-state index contributed by atoms with van der Waals surface area (Å²) in [5, 5.41) is 0. The molecule has 48 heavy (non-hydrogen) atoms. The van der Waals surface area contributed by atoms with E-state index < -0.39 is 0 Å². The van der Waals surface area contributed by atoms with Crippen molar-refractivity contribution in [3.63, 3.8) is 0 Å². The van der Waals surface area contributed by atoms with Gasteiger partial charge in [0.05, 0.1) is 17.1 Å². The maximum Gasteiger partial charge on any atom is 0.0630 e. The highest BCUT2D eigenvalue weighted by molar-refractivity contribution is 5.85. The molecule has 0 saturated heterocycles. The van der Waals surface area contributed by atoms with Crippen LogP contribution in [0.15, 0.2) is 197 Å². The van der Waals surface area contributed by atoms with E-state index in [2.05, 4.69) is 142 Å². The SMILES string of the molecule is C(=Nc1ccc(-c2cc(-c3ccc(N=Cc4ccccc4)cc3)cc(-c3ccc(N=Cc4ccccc4)cc3)c2)cc1)c1ccccc1. The highest BCUT2D eigenvalue weighted by Gasteiger charge is 2.09. The third-order valence-electron chi connectivity index (χ3n) is 8.02. The molecule has 3 heteroatoms. The molecule has 0 unspecified atom stereocenters. The van der Waals surface area contributed by atoms with Crippen LogP contribution in [0.3, 0.4) is 0 Å². The number of hydrogen-bond donors (Lipinski definition) is 0. The Balaban J connectivity index is 1.19. The van der Waals surface area contributed by atoms with Gasteiger partial charge in [0, 0.05) is 18.6 Å². The minimum atomic E-state index is 0.914. The third-order valence-corrected chi connectivity index (χ3v) is 8.02. The molecule has 0 amide bonds. The lowest BCUT2D eigenvalue weighted by molar-refractivity contribution is 1.50. The van der Waals surface area contributed by atoms with Crippen LogP contribution in [0.4, 0.5) is 17.1 Å². The molecule has 228 valence electrons. The van der Waals surface area contributed by atoms with Crippen LogP contribution in [0.2, 0.25) is 0 Å². The van der Waals surface area contributed by atoms with Gasteiger partial charge in [-0.2, -0.15) is 0 Å². The van der Waals surface area contributed by atoms with E-state index in [1.807, 2.05) is 73.2 Å². The summed E-state index contributed by atoms with van der Waals surface area (Å²) in [5.41, 5.74) is 12.8. The van der Waals surface area contributed by atoms with Crippen LogP contribution >= 0.6 is 0 Å². The van der Waals surface area contributed by atoms with Gasteiger partial charge in [0.25, 0.3) is 0 Å². The van der Waals surface area contributed by atoms with Crippen LogP contribution in [-0.2, 0) is 0 Å². The molecule has 7 aromatic rings. The van der Waals surface area contributed by atoms with Gasteiger partial charge in [0.2, 0.25) is 0 Å². The second-order valence-electron chi connectivity index (χ2n) is 11.4. The molecule has 0 radical (unpaired) electrons. The van der Waals surface area contributed by atoms with Gasteiger partial charge < -0.3 is 0 Å². The quantitative estimate of drug-likeness (QED) is 0.145. The standard InChI is InChI=1S/C45H33N3/c1-4-10-34(11-5-1)31-46-43-22-16-37(17-23-43)40-28-41(38-18-24-44(25-19-38)47-32-35-12-6-2-7-13-35)30-42(29-40)39-20-26-45(27-21-39)48-33-36-14-8-3-9-15-36/h1-33H. The maximum absolute atomic E-state index is 4.68. The van der Waals surface area contributed by atoms with Crippen LogP contribution in [0.5, 0.6) is 0 Å². The van der Waals surface area contributed by atoms with Gasteiger partial charge in [-0.05, 0) is 105 Å². The Bertz CT molecular complexity index is 1900. The number of rotatable bonds is 9. The summed E-state index contributed by atoms with van der Waals surface area (Å²) in [6, 6.07) is 62.5. The molecule has 0 bridgehead atoms. The van der Waals surface area contributed by atoms with E-state index in [0.29, 0.717) is 0 Å². The average molecular weight is 616 g/mol. The second-order valence-corrected chi connectivity index (χ2v) is 11.4. The van der Waals surface area contributed by atoms with Gasteiger partial charge in [-0.25, -0.2) is 0 Å². The zero-order valence-electron chi connectivity index (χ0n) is 26.4. The summed E-state index contributed by atoms with van der Waals surface area (Å²) < 4.78 is 0. The second kappa shape index (κ2) is 14.8. The fourth-order valence-electron chi connectivity index (χ4n) is 5.41. The van der Waals surface area contributed by atoms with Gasteiger partial charge in [-0.15, -0.1) is 0 Å². The summed E-state index contributed by atoms with van der Waals surface area (Å²) in [6.45, 7) is 0. The summed E-state index contributed by atoms with van der Waals surface area (Å²) >= 11 is 0. The summed E-state index contributed by atoms with van der Waals surface area (Å²) in [7, 11) is 0. The van der Waals surface area contributed by atoms with Crippen LogP contribution < -0.4 is 0 Å². The van der Waals surface area contributed by atoms with Gasteiger partial charge >= 0.3 is 0 Å². The van der Waals surface area contributed by atoms with Crippen molar-refractivity contribution in [1.29, 1.82) is 0 Å². The van der Waals surface area contributed by atoms with Crippen molar-refractivity contribution in [2.45, 2.75) is 0 Å². The van der Waals surface area contributed by atoms with Crippen molar-refractivity contribution >= 4 is 35.7 Å². The van der Waals surface area contributed by atoms with E-state index in [1.165, 1.54) is 0 Å². The Morgan fingerprint density at radius 1 is 0.250 bits per heavy atom. The molecule has 7 aromatic carbocycles. The number of benzene rings is 7. The third kappa shape index (κ3) is 7.85. The summed E-state index contributed by atoms with van der Waals surface area (Å²) in [5.74, 6) is 0. The predicted molar refractivity (Wildman–Crippen MR) is 204 cm³/mol. The van der Waals surface area contributed by atoms with Crippen molar-refractivity contribution in [3.8, 4) is 33.4 Å². The predicted octanol–water partition coefficient (Wildman–Crippen LogP) is 11.9. The van der Waals surface area contributed by atoms with E-state index in [1.54, 1.807) is 0 Å². The first-order valence-electron chi connectivity index (χ1n) is 16.0. The lowest BCUT2D eigenvalue weighted by atomic mass is 9.93. The topological polar surface area (TPSA) is 37.1 Å². The maximum atomic E-state index is 4.68. The van der Waals surface area contributed by atoms with Crippen LogP contribution in [0.25, 0.3) is 33.4 Å². The smallest absolute Gasteiger partial charge is 0.0630 e. The number of hydrogen-bond acceptors (Lipinski definition) is 3. The zero-order valence-corrected chi connectivity index (χ0v) is 26.4. The van der Waals surface area contributed by atoms with Gasteiger partial charge in [0.1, 0.15) is 0 Å². The van der Waals surface area contributed by atoms with Crippen LogP contribution in [0, 0.1) is 0 Å². The number of aliphatic imine (C=N–C) groups is 3. The van der Waals surface area contributed by atoms with Crippen molar-refractivity contribution < 1.29 is 0 Å². The van der Waals surface area contributed by atoms with Crippen LogP contribution in [-0.4, -0.2) is 18.6 Å². The van der Waals surface area contributed by atoms with E-state index in [4.69, 9.17) is 0 Å². The Morgan fingerprint density at radius 2 is 0.500 bits per heavy atom. The highest BCUT2D eigenvalue weighted by Crippen LogP contribution is 2.35. The van der Waals surface area contributed by atoms with Crippen molar-refractivity contribution in [2.75, 3.05) is 0 Å². The molecule has 7 rings (SSSR count). The van der Waals surface area contributed by atoms with Crippen molar-refractivity contribution in [2.24, 2.45) is 15.0 Å². The molecule has 0 aliphatic carbocycles. The Labute approximate surface area is 282 Å². The largest absolute Gasteiger partial charge is 0.256 e. The van der Waals surface area contributed by atoms with Gasteiger partial charge in [-0.1, -0.05) is 127 Å². The fourth-order valence-corrected chi connectivity index (χ4v) is 5.41. The van der Waals surface area contributed by atoms with Gasteiger partial charge in [0.15, 0.2) is 0 Å². The van der Waals surface area contributed by atoms with Crippen molar-refractivity contribution in [3.05, 3.63) is 199 Å². The molecule has 0 spiro atoms. The van der Waals surface area contributed by atoms with Crippen LogP contribution in [0.1, 0.15) is 16.7 Å². The molecule has 0 fully saturated rings. The Morgan fingerprint density at radius 3 is 0.750 bits per heavy atom. The fraction of sp³-hybridized carbons (Fsp3) is 0. The summed E-state index contributed by atoms with van der Waals surface area (Å²) in [6.07, 6.45) is 5.69. The van der Waals surface area contributed by atoms with E-state index in [0.717, 1.165) is 67.1 Å². The molecule has 0 saturated carbocycles. The van der Waals surface area contributed by atoms with Crippen molar-refractivity contribution in [1.82, 2.24) is 0 Å². The minimum absolute atomic E-state index is 0.914. The molecule has 0 aromatic heterocycles. The van der Waals surface area contributed by atoms with E-state index in [-0.39, 0.29) is 0 Å². The molecule has 3 nitrogen and oxygen atoms in total. The monoisotopic (exact) mass is 615 g/mol. The first-order chi connectivity index (χ1) is 23.7.